The van der Waals surface area contributed by atoms with Gasteiger partial charge >= 0.3 is 0 Å². The third kappa shape index (κ3) is 3.11. The number of fused-ring (bicyclic) bond motifs is 1. The molecule has 2 aromatic rings. The van der Waals surface area contributed by atoms with Crippen LogP contribution >= 0.6 is 11.8 Å². The molecular weight excluding hydrogens is 260 g/mol. The van der Waals surface area contributed by atoms with Gasteiger partial charge in [-0.1, -0.05) is 18.2 Å². The van der Waals surface area contributed by atoms with E-state index >= 15 is 0 Å². The number of aliphatic hydroxyl groups excluding tert-OH is 1. The normalized spacial score (nSPS) is 14.3. The number of hydrogen-bond acceptors (Lipinski definition) is 4. The average Bonchev–Trinajstić information content (AvgIpc) is 2.40. The molecule has 2 unspecified atom stereocenters. The fraction of sp³-hybridized carbons (Fsp3) is 0.357. The number of aromatic nitrogens is 1. The van der Waals surface area contributed by atoms with Gasteiger partial charge in [0.05, 0.1) is 6.61 Å². The van der Waals surface area contributed by atoms with E-state index in [1.54, 1.807) is 17.8 Å². The molecule has 0 saturated heterocycles. The van der Waals surface area contributed by atoms with Crippen LogP contribution in [0.3, 0.4) is 0 Å². The van der Waals surface area contributed by atoms with Gasteiger partial charge < -0.3 is 15.4 Å². The maximum Gasteiger partial charge on any atom is 0.257 e. The Bertz CT molecular complexity index is 608. The predicted molar refractivity (Wildman–Crippen MR) is 82.0 cm³/mol. The second-order valence-electron chi connectivity index (χ2n) is 4.49. The molecule has 2 atom stereocenters. The summed E-state index contributed by atoms with van der Waals surface area (Å²) >= 11 is 1.60. The molecule has 0 radical (unpaired) electrons. The first-order valence-corrected chi connectivity index (χ1v) is 7.46. The monoisotopic (exact) mass is 278 g/mol. The van der Waals surface area contributed by atoms with E-state index in [4.69, 9.17) is 0 Å². The van der Waals surface area contributed by atoms with Crippen molar-refractivity contribution >= 4 is 28.4 Å². The molecule has 19 heavy (non-hydrogen) atoms. The molecule has 0 bridgehead atoms. The number of hydrogen-bond donors (Lipinski definition) is 3. The first kappa shape index (κ1) is 14.0. The Morgan fingerprint density at radius 3 is 2.84 bits per heavy atom. The molecule has 5 heteroatoms. The lowest BCUT2D eigenvalue weighted by Gasteiger charge is -2.22. The van der Waals surface area contributed by atoms with Crippen LogP contribution in [-0.4, -0.2) is 34.2 Å². The van der Waals surface area contributed by atoms with Gasteiger partial charge in [0.1, 0.15) is 5.82 Å². The van der Waals surface area contributed by atoms with E-state index in [9.17, 15) is 9.90 Å². The van der Waals surface area contributed by atoms with E-state index in [1.165, 1.54) is 0 Å². The van der Waals surface area contributed by atoms with E-state index in [-0.39, 0.29) is 23.5 Å². The second-order valence-corrected chi connectivity index (χ2v) is 5.57. The predicted octanol–water partition coefficient (Wildman–Crippen LogP) is 2.05. The summed E-state index contributed by atoms with van der Waals surface area (Å²) in [6.07, 6.45) is 1.96. The number of pyridine rings is 1. The van der Waals surface area contributed by atoms with Gasteiger partial charge in [0.2, 0.25) is 0 Å². The number of aromatic amines is 1. The van der Waals surface area contributed by atoms with Gasteiger partial charge in [-0.2, -0.15) is 11.8 Å². The van der Waals surface area contributed by atoms with Gasteiger partial charge in [-0.05, 0) is 30.7 Å². The second kappa shape index (κ2) is 6.12. The number of aliphatic hydroxyl groups is 1. The molecule has 3 N–H and O–H groups in total. The minimum absolute atomic E-state index is 0.0665. The molecule has 1 aromatic carbocycles. The zero-order chi connectivity index (χ0) is 13.8. The van der Waals surface area contributed by atoms with E-state index in [0.29, 0.717) is 11.2 Å². The third-order valence-corrected chi connectivity index (χ3v) is 4.34. The van der Waals surface area contributed by atoms with E-state index in [1.807, 2.05) is 37.4 Å². The summed E-state index contributed by atoms with van der Waals surface area (Å²) in [5, 5.41) is 14.2. The molecule has 2 rings (SSSR count). The Kier molecular flexibility index (Phi) is 4.50. The van der Waals surface area contributed by atoms with Crippen LogP contribution in [0.15, 0.2) is 35.1 Å². The lowest BCUT2D eigenvalue weighted by atomic mass is 10.1. The van der Waals surface area contributed by atoms with Gasteiger partial charge in [-0.25, -0.2) is 0 Å². The summed E-state index contributed by atoms with van der Waals surface area (Å²) in [6.45, 7) is 2.10. The van der Waals surface area contributed by atoms with Crippen molar-refractivity contribution in [2.24, 2.45) is 0 Å². The van der Waals surface area contributed by atoms with E-state index < -0.39 is 0 Å². The van der Waals surface area contributed by atoms with E-state index in [0.717, 1.165) is 5.39 Å². The number of H-pyrrole nitrogens is 1. The fourth-order valence-corrected chi connectivity index (χ4v) is 2.69. The van der Waals surface area contributed by atoms with Gasteiger partial charge in [0.25, 0.3) is 5.56 Å². The number of anilines is 1. The third-order valence-electron chi connectivity index (χ3n) is 3.18. The van der Waals surface area contributed by atoms with Crippen molar-refractivity contribution in [3.05, 3.63) is 40.7 Å². The summed E-state index contributed by atoms with van der Waals surface area (Å²) in [5.41, 5.74) is -0.0995. The molecule has 0 amide bonds. The number of rotatable bonds is 5. The van der Waals surface area contributed by atoms with Crippen LogP contribution in [0, 0.1) is 0 Å². The molecule has 0 saturated carbocycles. The Hall–Kier alpha value is -1.46. The summed E-state index contributed by atoms with van der Waals surface area (Å²) in [6, 6.07) is 9.47. The summed E-state index contributed by atoms with van der Waals surface area (Å²) in [4.78, 5) is 14.8. The molecule has 102 valence electrons. The first-order valence-electron chi connectivity index (χ1n) is 6.18. The molecule has 0 aliphatic rings. The number of benzene rings is 1. The standard InChI is InChI=1S/C14H18N2O2S/c1-9(12(8-17)19-2)15-13-7-10-5-3-4-6-11(10)14(18)16-13/h3-7,9,12,17H,8H2,1-2H3,(H2,15,16,18). The summed E-state index contributed by atoms with van der Waals surface area (Å²) < 4.78 is 0. The SMILES string of the molecule is CSC(CO)C(C)Nc1cc2ccccc2c(=O)[nH]1. The van der Waals surface area contributed by atoms with Gasteiger partial charge in [0, 0.05) is 16.7 Å². The summed E-state index contributed by atoms with van der Waals surface area (Å²) in [7, 11) is 0. The van der Waals surface area contributed by atoms with Crippen molar-refractivity contribution in [2.45, 2.75) is 18.2 Å². The Morgan fingerprint density at radius 1 is 1.42 bits per heavy atom. The van der Waals surface area contributed by atoms with Gasteiger partial charge in [-0.3, -0.25) is 4.79 Å². The zero-order valence-electron chi connectivity index (χ0n) is 11.0. The van der Waals surface area contributed by atoms with Crippen molar-refractivity contribution in [3.8, 4) is 0 Å². The Labute approximate surface area is 116 Å². The van der Waals surface area contributed by atoms with Crippen molar-refractivity contribution in [2.75, 3.05) is 18.2 Å². The van der Waals surface area contributed by atoms with E-state index in [2.05, 4.69) is 10.3 Å². The van der Waals surface area contributed by atoms with Crippen LogP contribution < -0.4 is 10.9 Å². The van der Waals surface area contributed by atoms with Crippen LogP contribution in [0.25, 0.3) is 10.8 Å². The molecule has 0 aliphatic carbocycles. The van der Waals surface area contributed by atoms with Crippen LogP contribution in [0.4, 0.5) is 5.82 Å². The highest BCUT2D eigenvalue weighted by atomic mass is 32.2. The molecule has 1 aromatic heterocycles. The van der Waals surface area contributed by atoms with Crippen LogP contribution in [-0.2, 0) is 0 Å². The number of thioether (sulfide) groups is 1. The highest BCUT2D eigenvalue weighted by Gasteiger charge is 2.15. The molecular formula is C14H18N2O2S. The highest BCUT2D eigenvalue weighted by molar-refractivity contribution is 7.99. The Morgan fingerprint density at radius 2 is 2.16 bits per heavy atom. The van der Waals surface area contributed by atoms with Gasteiger partial charge in [0.15, 0.2) is 0 Å². The van der Waals surface area contributed by atoms with Gasteiger partial charge in [-0.15, -0.1) is 0 Å². The summed E-state index contributed by atoms with van der Waals surface area (Å²) in [5.74, 6) is 0.684. The quantitative estimate of drug-likeness (QED) is 0.783. The van der Waals surface area contributed by atoms with Crippen molar-refractivity contribution in [1.29, 1.82) is 0 Å². The average molecular weight is 278 g/mol. The minimum Gasteiger partial charge on any atom is -0.395 e. The lowest BCUT2D eigenvalue weighted by molar-refractivity contribution is 0.288. The highest BCUT2D eigenvalue weighted by Crippen LogP contribution is 2.17. The fourth-order valence-electron chi connectivity index (χ4n) is 2.06. The van der Waals surface area contributed by atoms with Crippen molar-refractivity contribution in [3.63, 3.8) is 0 Å². The largest absolute Gasteiger partial charge is 0.395 e. The molecule has 4 nitrogen and oxygen atoms in total. The van der Waals surface area contributed by atoms with Crippen molar-refractivity contribution in [1.82, 2.24) is 4.98 Å². The zero-order valence-corrected chi connectivity index (χ0v) is 11.8. The number of nitrogens with one attached hydrogen (secondary N) is 2. The maximum absolute atomic E-state index is 11.9. The van der Waals surface area contributed by atoms with Crippen LogP contribution in [0.5, 0.6) is 0 Å². The van der Waals surface area contributed by atoms with Crippen molar-refractivity contribution < 1.29 is 5.11 Å². The topological polar surface area (TPSA) is 65.1 Å². The molecule has 1 heterocycles. The van der Waals surface area contributed by atoms with Crippen LogP contribution in [0.2, 0.25) is 0 Å². The first-order chi connectivity index (χ1) is 9.15. The van der Waals surface area contributed by atoms with Crippen LogP contribution in [0.1, 0.15) is 6.92 Å². The lowest BCUT2D eigenvalue weighted by Crippen LogP contribution is -2.31. The maximum atomic E-state index is 11.9. The smallest absolute Gasteiger partial charge is 0.257 e. The molecule has 0 spiro atoms. The Balaban J connectivity index is 2.29. The minimum atomic E-state index is -0.0995. The molecule has 0 aliphatic heterocycles. The molecule has 0 fully saturated rings.